The molecule has 0 aromatic heterocycles. The lowest BCUT2D eigenvalue weighted by Gasteiger charge is -2.05. The van der Waals surface area contributed by atoms with Gasteiger partial charge in [-0.05, 0) is 66.0 Å². The van der Waals surface area contributed by atoms with E-state index >= 15 is 0 Å². The van der Waals surface area contributed by atoms with Crippen LogP contribution >= 0.6 is 15.9 Å². The minimum Gasteiger partial charge on any atom is -0.317 e. The molecule has 0 aliphatic carbocycles. The van der Waals surface area contributed by atoms with E-state index in [1.165, 1.54) is 12.1 Å². The highest BCUT2D eigenvalue weighted by atomic mass is 79.9. The van der Waals surface area contributed by atoms with E-state index in [4.69, 9.17) is 0 Å². The molecule has 0 atom stereocenters. The Bertz CT molecular complexity index is 369. The minimum atomic E-state index is -0.390. The fourth-order valence-electron chi connectivity index (χ4n) is 1.85. The Hall–Kier alpha value is -0.480. The van der Waals surface area contributed by atoms with Crippen LogP contribution < -0.4 is 5.32 Å². The summed E-state index contributed by atoms with van der Waals surface area (Å²) in [6.07, 6.45) is 4.85. The maximum absolute atomic E-state index is 13.5. The summed E-state index contributed by atoms with van der Waals surface area (Å²) in [5.74, 6) is -0.713. The van der Waals surface area contributed by atoms with E-state index in [9.17, 15) is 8.78 Å². The quantitative estimate of drug-likeness (QED) is 0.551. The maximum Gasteiger partial charge on any atom is 0.137 e. The Labute approximate surface area is 116 Å². The number of hydrogen-bond acceptors (Lipinski definition) is 1. The van der Waals surface area contributed by atoms with Gasteiger partial charge in [-0.15, -0.1) is 0 Å². The minimum absolute atomic E-state index is 0.189. The Morgan fingerprint density at radius 3 is 2.50 bits per heavy atom. The molecule has 1 rings (SSSR count). The van der Waals surface area contributed by atoms with Gasteiger partial charge in [-0.3, -0.25) is 0 Å². The van der Waals surface area contributed by atoms with E-state index in [1.54, 1.807) is 0 Å². The van der Waals surface area contributed by atoms with E-state index in [0.29, 0.717) is 12.0 Å². The molecule has 1 nitrogen and oxygen atoms in total. The first-order valence-electron chi connectivity index (χ1n) is 6.49. The number of unbranched alkanes of at least 4 members (excludes halogenated alkanes) is 3. The molecule has 102 valence electrons. The lowest BCUT2D eigenvalue weighted by molar-refractivity contribution is 0.563. The van der Waals surface area contributed by atoms with Gasteiger partial charge in [0.05, 0.1) is 4.47 Å². The molecule has 0 saturated heterocycles. The fraction of sp³-hybridized carbons (Fsp3) is 0.571. The van der Waals surface area contributed by atoms with Gasteiger partial charge in [0, 0.05) is 0 Å². The summed E-state index contributed by atoms with van der Waals surface area (Å²) in [5.41, 5.74) is 0.474. The van der Waals surface area contributed by atoms with Gasteiger partial charge in [0.15, 0.2) is 0 Å². The van der Waals surface area contributed by atoms with Gasteiger partial charge in [-0.1, -0.05) is 19.8 Å². The molecule has 0 saturated carbocycles. The Kier molecular flexibility index (Phi) is 7.44. The lowest BCUT2D eigenvalue weighted by Crippen LogP contribution is -2.13. The Morgan fingerprint density at radius 1 is 1.06 bits per heavy atom. The van der Waals surface area contributed by atoms with Gasteiger partial charge in [0.2, 0.25) is 0 Å². The second-order valence-corrected chi connectivity index (χ2v) is 5.23. The molecule has 0 bridgehead atoms. The van der Waals surface area contributed by atoms with Crippen LogP contribution in [-0.2, 0) is 6.42 Å². The summed E-state index contributed by atoms with van der Waals surface area (Å²) in [4.78, 5) is 0. The van der Waals surface area contributed by atoms with Crippen LogP contribution in [0.25, 0.3) is 0 Å². The molecule has 1 aromatic rings. The first-order valence-corrected chi connectivity index (χ1v) is 7.28. The monoisotopic (exact) mass is 319 g/mol. The highest BCUT2D eigenvalue weighted by Gasteiger charge is 2.07. The van der Waals surface area contributed by atoms with E-state index in [2.05, 4.69) is 28.2 Å². The summed E-state index contributed by atoms with van der Waals surface area (Å²) in [6, 6.07) is 2.49. The molecular formula is C14H20BrF2N. The number of hydrogen-bond donors (Lipinski definition) is 1. The Morgan fingerprint density at radius 2 is 1.78 bits per heavy atom. The molecule has 18 heavy (non-hydrogen) atoms. The van der Waals surface area contributed by atoms with Gasteiger partial charge in [0.25, 0.3) is 0 Å². The van der Waals surface area contributed by atoms with E-state index in [0.717, 1.165) is 38.8 Å². The molecule has 0 radical (unpaired) electrons. The second-order valence-electron chi connectivity index (χ2n) is 4.38. The topological polar surface area (TPSA) is 12.0 Å². The largest absolute Gasteiger partial charge is 0.317 e. The molecule has 0 heterocycles. The number of halogens is 3. The predicted molar refractivity (Wildman–Crippen MR) is 74.8 cm³/mol. The van der Waals surface area contributed by atoms with Crippen molar-refractivity contribution in [2.75, 3.05) is 13.1 Å². The molecule has 0 unspecified atom stereocenters. The van der Waals surface area contributed by atoms with Crippen molar-refractivity contribution in [1.82, 2.24) is 5.32 Å². The van der Waals surface area contributed by atoms with Crippen molar-refractivity contribution < 1.29 is 8.78 Å². The molecule has 0 aliphatic rings. The first kappa shape index (κ1) is 15.6. The van der Waals surface area contributed by atoms with Crippen LogP contribution in [-0.4, -0.2) is 13.1 Å². The van der Waals surface area contributed by atoms with Gasteiger partial charge in [-0.2, -0.15) is 0 Å². The average Bonchev–Trinajstić information content (AvgIpc) is 2.34. The maximum atomic E-state index is 13.5. The normalized spacial score (nSPS) is 10.9. The zero-order valence-corrected chi connectivity index (χ0v) is 12.3. The third-order valence-corrected chi connectivity index (χ3v) is 3.50. The van der Waals surface area contributed by atoms with Crippen LogP contribution in [0.15, 0.2) is 16.6 Å². The number of nitrogens with one attached hydrogen (secondary N) is 1. The number of aryl methyl sites for hydroxylation is 1. The number of rotatable bonds is 8. The van der Waals surface area contributed by atoms with Gasteiger partial charge in [-0.25, -0.2) is 8.78 Å². The van der Waals surface area contributed by atoms with Crippen molar-refractivity contribution in [3.05, 3.63) is 33.8 Å². The molecule has 0 spiro atoms. The highest BCUT2D eigenvalue weighted by Crippen LogP contribution is 2.21. The van der Waals surface area contributed by atoms with Crippen molar-refractivity contribution in [2.45, 2.75) is 39.0 Å². The highest BCUT2D eigenvalue weighted by molar-refractivity contribution is 9.10. The number of benzene rings is 1. The van der Waals surface area contributed by atoms with Crippen molar-refractivity contribution in [2.24, 2.45) is 0 Å². The van der Waals surface area contributed by atoms with E-state index in [1.807, 2.05) is 0 Å². The summed E-state index contributed by atoms with van der Waals surface area (Å²) in [5, 5.41) is 3.26. The third-order valence-electron chi connectivity index (χ3n) is 2.89. The zero-order valence-electron chi connectivity index (χ0n) is 10.7. The van der Waals surface area contributed by atoms with Crippen molar-refractivity contribution >= 4 is 15.9 Å². The molecule has 4 heteroatoms. The second kappa shape index (κ2) is 8.59. The van der Waals surface area contributed by atoms with Crippen molar-refractivity contribution in [3.8, 4) is 0 Å². The van der Waals surface area contributed by atoms with Crippen LogP contribution in [0.4, 0.5) is 8.78 Å². The van der Waals surface area contributed by atoms with Crippen molar-refractivity contribution in [3.63, 3.8) is 0 Å². The van der Waals surface area contributed by atoms with Gasteiger partial charge >= 0.3 is 0 Å². The molecule has 0 fully saturated rings. The zero-order chi connectivity index (χ0) is 13.4. The predicted octanol–water partition coefficient (Wildman–Crippen LogP) is 4.44. The molecule has 1 N–H and O–H groups in total. The summed E-state index contributed by atoms with van der Waals surface area (Å²) in [7, 11) is 0. The van der Waals surface area contributed by atoms with E-state index < -0.39 is 5.82 Å². The van der Waals surface area contributed by atoms with Crippen molar-refractivity contribution in [1.29, 1.82) is 0 Å². The SMILES string of the molecule is CCNCCCCCCc1cc(F)c(Br)cc1F. The van der Waals surface area contributed by atoms with Crippen LogP contribution in [0.5, 0.6) is 0 Å². The average molecular weight is 320 g/mol. The molecular weight excluding hydrogens is 300 g/mol. The van der Waals surface area contributed by atoms with Crippen LogP contribution in [0, 0.1) is 11.6 Å². The van der Waals surface area contributed by atoms with Gasteiger partial charge < -0.3 is 5.32 Å². The summed E-state index contributed by atoms with van der Waals surface area (Å²) >= 11 is 2.98. The van der Waals surface area contributed by atoms with E-state index in [-0.39, 0.29) is 10.3 Å². The molecule has 0 aliphatic heterocycles. The standard InChI is InChI=1S/C14H20BrF2N/c1-2-18-8-6-4-3-5-7-11-9-14(17)12(15)10-13(11)16/h9-10,18H,2-8H2,1H3. The lowest BCUT2D eigenvalue weighted by atomic mass is 10.1. The van der Waals surface area contributed by atoms with Gasteiger partial charge in [0.1, 0.15) is 11.6 Å². The van der Waals surface area contributed by atoms with Crippen LogP contribution in [0.2, 0.25) is 0 Å². The first-order chi connectivity index (χ1) is 8.65. The summed E-state index contributed by atoms with van der Waals surface area (Å²) in [6.45, 7) is 4.13. The fourth-order valence-corrected chi connectivity index (χ4v) is 2.17. The van der Waals surface area contributed by atoms with Crippen LogP contribution in [0.3, 0.4) is 0 Å². The Balaban J connectivity index is 2.25. The summed E-state index contributed by atoms with van der Waals surface area (Å²) < 4.78 is 26.9. The third kappa shape index (κ3) is 5.44. The molecule has 1 aromatic carbocycles. The molecule has 0 amide bonds. The smallest absolute Gasteiger partial charge is 0.137 e. The van der Waals surface area contributed by atoms with Crippen LogP contribution in [0.1, 0.15) is 38.2 Å².